The van der Waals surface area contributed by atoms with Crippen molar-refractivity contribution < 1.29 is 19.4 Å². The van der Waals surface area contributed by atoms with Gasteiger partial charge in [0.25, 0.3) is 0 Å². The summed E-state index contributed by atoms with van der Waals surface area (Å²) in [5, 5.41) is 9.54. The predicted molar refractivity (Wildman–Crippen MR) is 77.7 cm³/mol. The third-order valence-corrected chi connectivity index (χ3v) is 4.16. The Kier molecular flexibility index (Phi) is 5.45. The molecule has 1 aliphatic carbocycles. The number of hydrogen-bond acceptors (Lipinski definition) is 4. The molecule has 2 fully saturated rings. The minimum atomic E-state index is -0.393. The van der Waals surface area contributed by atoms with Crippen molar-refractivity contribution in [1.29, 1.82) is 0 Å². The number of rotatable bonds is 3. The fraction of sp³-hybridized carbons (Fsp3) is 0.867. The Hall–Kier alpha value is -1.30. The van der Waals surface area contributed by atoms with Crippen LogP contribution in [0, 0.1) is 5.92 Å². The van der Waals surface area contributed by atoms with Crippen LogP contribution in [-0.4, -0.2) is 65.3 Å². The van der Waals surface area contributed by atoms with Gasteiger partial charge in [0.15, 0.2) is 0 Å². The fourth-order valence-corrected chi connectivity index (χ4v) is 2.93. The van der Waals surface area contributed by atoms with Gasteiger partial charge in [0.2, 0.25) is 5.91 Å². The van der Waals surface area contributed by atoms with Crippen LogP contribution in [0.3, 0.4) is 0 Å². The van der Waals surface area contributed by atoms with Crippen LogP contribution in [-0.2, 0) is 9.53 Å². The van der Waals surface area contributed by atoms with Gasteiger partial charge in [-0.1, -0.05) is 13.8 Å². The normalized spacial score (nSPS) is 27.1. The molecule has 6 heteroatoms. The molecule has 0 bridgehead atoms. The average molecular weight is 298 g/mol. The Morgan fingerprint density at radius 1 is 1.29 bits per heavy atom. The molecular formula is C15H26N2O4. The molecule has 1 saturated carbocycles. The van der Waals surface area contributed by atoms with E-state index >= 15 is 0 Å². The standard InChI is InChI=1S/C15H26N2O4/c1-11(2)10-21-15(20)16-7-8-17(14(19)9-16)12-3-5-13(18)6-4-12/h11-13,18H,3-10H2,1-2H3. The molecule has 6 nitrogen and oxygen atoms in total. The smallest absolute Gasteiger partial charge is 0.410 e. The average Bonchev–Trinajstić information content (AvgIpc) is 2.45. The lowest BCUT2D eigenvalue weighted by molar-refractivity contribution is -0.139. The molecule has 1 saturated heterocycles. The van der Waals surface area contributed by atoms with Crippen LogP contribution < -0.4 is 0 Å². The van der Waals surface area contributed by atoms with Crippen molar-refractivity contribution in [1.82, 2.24) is 9.80 Å². The van der Waals surface area contributed by atoms with Gasteiger partial charge in [-0.05, 0) is 31.6 Å². The molecule has 0 radical (unpaired) electrons. The number of aliphatic hydroxyl groups excluding tert-OH is 1. The summed E-state index contributed by atoms with van der Waals surface area (Å²) in [5.74, 6) is 0.281. The van der Waals surface area contributed by atoms with Crippen molar-refractivity contribution in [2.75, 3.05) is 26.2 Å². The molecular weight excluding hydrogens is 272 g/mol. The molecule has 0 aromatic rings. The molecule has 1 N–H and O–H groups in total. The van der Waals surface area contributed by atoms with Gasteiger partial charge in [0.05, 0.1) is 12.7 Å². The van der Waals surface area contributed by atoms with Gasteiger partial charge in [-0.2, -0.15) is 0 Å². The van der Waals surface area contributed by atoms with E-state index in [2.05, 4.69) is 0 Å². The summed E-state index contributed by atoms with van der Waals surface area (Å²) in [5.41, 5.74) is 0. The molecule has 0 aromatic carbocycles. The lowest BCUT2D eigenvalue weighted by Gasteiger charge is -2.40. The summed E-state index contributed by atoms with van der Waals surface area (Å²) in [7, 11) is 0. The van der Waals surface area contributed by atoms with E-state index < -0.39 is 6.09 Å². The zero-order chi connectivity index (χ0) is 15.4. The molecule has 0 spiro atoms. The van der Waals surface area contributed by atoms with E-state index in [9.17, 15) is 14.7 Å². The number of aliphatic hydroxyl groups is 1. The maximum Gasteiger partial charge on any atom is 0.410 e. The summed E-state index contributed by atoms with van der Waals surface area (Å²) >= 11 is 0. The predicted octanol–water partition coefficient (Wildman–Crippen LogP) is 1.23. The summed E-state index contributed by atoms with van der Waals surface area (Å²) in [4.78, 5) is 27.5. The highest BCUT2D eigenvalue weighted by Crippen LogP contribution is 2.24. The summed E-state index contributed by atoms with van der Waals surface area (Å²) < 4.78 is 5.17. The first-order valence-corrected chi connectivity index (χ1v) is 7.86. The van der Waals surface area contributed by atoms with Crippen LogP contribution in [0.2, 0.25) is 0 Å². The summed E-state index contributed by atoms with van der Waals surface area (Å²) in [6.45, 7) is 5.55. The van der Waals surface area contributed by atoms with E-state index in [-0.39, 0.29) is 24.6 Å². The van der Waals surface area contributed by atoms with Crippen molar-refractivity contribution >= 4 is 12.0 Å². The zero-order valence-corrected chi connectivity index (χ0v) is 13.0. The summed E-state index contributed by atoms with van der Waals surface area (Å²) in [6.07, 6.45) is 2.61. The number of carbonyl (C=O) groups is 2. The Labute approximate surface area is 126 Å². The van der Waals surface area contributed by atoms with Gasteiger partial charge in [0, 0.05) is 19.1 Å². The van der Waals surface area contributed by atoms with Gasteiger partial charge in [0.1, 0.15) is 6.54 Å². The molecule has 0 unspecified atom stereocenters. The number of ether oxygens (including phenoxy) is 1. The van der Waals surface area contributed by atoms with Crippen molar-refractivity contribution in [3.63, 3.8) is 0 Å². The maximum absolute atomic E-state index is 12.2. The second-order valence-corrected chi connectivity index (χ2v) is 6.44. The molecule has 1 aliphatic heterocycles. The van der Waals surface area contributed by atoms with Crippen LogP contribution >= 0.6 is 0 Å². The van der Waals surface area contributed by atoms with Gasteiger partial charge in [-0.15, -0.1) is 0 Å². The van der Waals surface area contributed by atoms with E-state index in [4.69, 9.17) is 4.74 Å². The Bertz CT molecular complexity index is 378. The molecule has 2 aliphatic rings. The lowest BCUT2D eigenvalue weighted by atomic mass is 9.91. The van der Waals surface area contributed by atoms with Crippen molar-refractivity contribution in [2.24, 2.45) is 5.92 Å². The largest absolute Gasteiger partial charge is 0.449 e. The van der Waals surface area contributed by atoms with Crippen molar-refractivity contribution in [3.8, 4) is 0 Å². The second kappa shape index (κ2) is 7.11. The van der Waals surface area contributed by atoms with Crippen LogP contribution in [0.25, 0.3) is 0 Å². The van der Waals surface area contributed by atoms with Crippen LogP contribution in [0.4, 0.5) is 4.79 Å². The van der Waals surface area contributed by atoms with Gasteiger partial charge in [-0.3, -0.25) is 9.69 Å². The Morgan fingerprint density at radius 2 is 1.95 bits per heavy atom. The summed E-state index contributed by atoms with van der Waals surface area (Å²) in [6, 6.07) is 0.217. The maximum atomic E-state index is 12.2. The molecule has 0 aromatic heterocycles. The highest BCUT2D eigenvalue weighted by Gasteiger charge is 2.33. The zero-order valence-electron chi connectivity index (χ0n) is 13.0. The first-order chi connectivity index (χ1) is 9.97. The van der Waals surface area contributed by atoms with Gasteiger partial charge < -0.3 is 14.7 Å². The van der Waals surface area contributed by atoms with Crippen LogP contribution in [0.5, 0.6) is 0 Å². The first kappa shape index (κ1) is 16.1. The van der Waals surface area contributed by atoms with Crippen molar-refractivity contribution in [3.05, 3.63) is 0 Å². The molecule has 21 heavy (non-hydrogen) atoms. The van der Waals surface area contributed by atoms with Gasteiger partial charge in [-0.25, -0.2) is 4.79 Å². The number of nitrogens with zero attached hydrogens (tertiary/aromatic N) is 2. The number of piperazine rings is 1. The van der Waals surface area contributed by atoms with E-state index in [0.717, 1.165) is 25.7 Å². The Balaban J connectivity index is 1.81. The lowest BCUT2D eigenvalue weighted by Crippen LogP contribution is -2.56. The van der Waals surface area contributed by atoms with Crippen molar-refractivity contribution in [2.45, 2.75) is 51.7 Å². The molecule has 2 amide bonds. The van der Waals surface area contributed by atoms with Gasteiger partial charge >= 0.3 is 6.09 Å². The number of hydrogen-bond donors (Lipinski definition) is 1. The molecule has 1 heterocycles. The molecule has 2 rings (SSSR count). The third kappa shape index (κ3) is 4.33. The topological polar surface area (TPSA) is 70.1 Å². The minimum absolute atomic E-state index is 0.0101. The van der Waals surface area contributed by atoms with Crippen LogP contribution in [0.1, 0.15) is 39.5 Å². The van der Waals surface area contributed by atoms with E-state index in [0.29, 0.717) is 25.6 Å². The quantitative estimate of drug-likeness (QED) is 0.850. The highest BCUT2D eigenvalue weighted by atomic mass is 16.6. The fourth-order valence-electron chi connectivity index (χ4n) is 2.93. The third-order valence-electron chi connectivity index (χ3n) is 4.16. The van der Waals surface area contributed by atoms with E-state index in [1.165, 1.54) is 4.90 Å². The van der Waals surface area contributed by atoms with Crippen LogP contribution in [0.15, 0.2) is 0 Å². The Morgan fingerprint density at radius 3 is 2.52 bits per heavy atom. The van der Waals surface area contributed by atoms with E-state index in [1.807, 2.05) is 18.7 Å². The molecule has 120 valence electrons. The number of amides is 2. The van der Waals surface area contributed by atoms with E-state index in [1.54, 1.807) is 0 Å². The SMILES string of the molecule is CC(C)COC(=O)N1CCN(C2CCC(O)CC2)C(=O)C1. The number of carbonyl (C=O) groups excluding carboxylic acids is 2. The first-order valence-electron chi connectivity index (χ1n) is 7.86. The molecule has 0 atom stereocenters. The minimum Gasteiger partial charge on any atom is -0.449 e. The monoisotopic (exact) mass is 298 g/mol. The second-order valence-electron chi connectivity index (χ2n) is 6.44. The highest BCUT2D eigenvalue weighted by molar-refractivity contribution is 5.83.